The largest absolute Gasteiger partial charge is 0.513 e. The minimum absolute atomic E-state index is 0.0376. The molecule has 0 fully saturated rings. The maximum absolute atomic E-state index is 11.4. The zero-order valence-corrected chi connectivity index (χ0v) is 11.5. The van der Waals surface area contributed by atoms with Gasteiger partial charge in [0.15, 0.2) is 0 Å². The predicted octanol–water partition coefficient (Wildman–Crippen LogP) is 2.64. The van der Waals surface area contributed by atoms with Gasteiger partial charge in [0.1, 0.15) is 12.4 Å². The van der Waals surface area contributed by atoms with Crippen molar-refractivity contribution in [1.82, 2.24) is 0 Å². The van der Waals surface area contributed by atoms with Crippen LogP contribution in [-0.2, 0) is 4.74 Å². The number of carbonyl (C=O) groups is 1. The number of aliphatic imine (C=N–C) groups is 1. The monoisotopic (exact) mass is 296 g/mol. The third-order valence-electron chi connectivity index (χ3n) is 2.49. The number of hydrogen-bond donors (Lipinski definition) is 0. The van der Waals surface area contributed by atoms with Gasteiger partial charge in [-0.25, -0.2) is 4.79 Å². The SMILES string of the molecule is CC1=NC(COC(=O)Oc2ccc([N+](=O)[O-])cc2)CS1. The van der Waals surface area contributed by atoms with Crippen LogP contribution in [0.15, 0.2) is 29.3 Å². The average molecular weight is 296 g/mol. The van der Waals surface area contributed by atoms with Gasteiger partial charge >= 0.3 is 6.16 Å². The number of hydrogen-bond acceptors (Lipinski definition) is 7. The van der Waals surface area contributed by atoms with E-state index >= 15 is 0 Å². The molecule has 0 saturated carbocycles. The van der Waals surface area contributed by atoms with Crippen molar-refractivity contribution in [2.75, 3.05) is 12.4 Å². The molecule has 0 aromatic heterocycles. The first-order valence-electron chi connectivity index (χ1n) is 5.81. The summed E-state index contributed by atoms with van der Waals surface area (Å²) in [5.41, 5.74) is -0.0708. The van der Waals surface area contributed by atoms with Gasteiger partial charge in [0.25, 0.3) is 5.69 Å². The Bertz CT molecular complexity index is 543. The van der Waals surface area contributed by atoms with Crippen LogP contribution < -0.4 is 4.74 Å². The normalized spacial score (nSPS) is 17.4. The summed E-state index contributed by atoms with van der Waals surface area (Å²) in [5.74, 6) is 0.984. The van der Waals surface area contributed by atoms with Gasteiger partial charge in [-0.15, -0.1) is 11.8 Å². The molecule has 0 spiro atoms. The number of nitrogens with zero attached hydrogens (tertiary/aromatic N) is 2. The van der Waals surface area contributed by atoms with Crippen LogP contribution in [0.1, 0.15) is 6.92 Å². The summed E-state index contributed by atoms with van der Waals surface area (Å²) in [6.45, 7) is 2.07. The lowest BCUT2D eigenvalue weighted by Crippen LogP contribution is -2.19. The summed E-state index contributed by atoms with van der Waals surface area (Å²) in [5, 5.41) is 11.4. The van der Waals surface area contributed by atoms with Crippen LogP contribution in [0.25, 0.3) is 0 Å². The molecule has 0 radical (unpaired) electrons. The molecular formula is C12H12N2O5S. The number of thioether (sulfide) groups is 1. The zero-order valence-electron chi connectivity index (χ0n) is 10.6. The van der Waals surface area contributed by atoms with Crippen LogP contribution in [0.3, 0.4) is 0 Å². The molecular weight excluding hydrogens is 284 g/mol. The lowest BCUT2D eigenvalue weighted by atomic mass is 10.3. The van der Waals surface area contributed by atoms with Crippen molar-refractivity contribution < 1.29 is 19.2 Å². The molecule has 0 bridgehead atoms. The van der Waals surface area contributed by atoms with Gasteiger partial charge in [-0.1, -0.05) is 0 Å². The Morgan fingerprint density at radius 2 is 2.20 bits per heavy atom. The number of benzene rings is 1. The first kappa shape index (κ1) is 14.3. The molecule has 1 atom stereocenters. The molecule has 2 rings (SSSR count). The van der Waals surface area contributed by atoms with Gasteiger partial charge in [0.05, 0.1) is 16.0 Å². The summed E-state index contributed by atoms with van der Waals surface area (Å²) >= 11 is 1.62. The predicted molar refractivity (Wildman–Crippen MR) is 74.4 cm³/mol. The maximum Gasteiger partial charge on any atom is 0.513 e. The van der Waals surface area contributed by atoms with Gasteiger partial charge in [-0.3, -0.25) is 15.1 Å². The minimum atomic E-state index is -0.844. The van der Waals surface area contributed by atoms with Crippen LogP contribution >= 0.6 is 11.8 Å². The summed E-state index contributed by atoms with van der Waals surface area (Å²) < 4.78 is 9.84. The maximum atomic E-state index is 11.4. The molecule has 7 nitrogen and oxygen atoms in total. The molecule has 106 valence electrons. The van der Waals surface area contributed by atoms with E-state index in [1.165, 1.54) is 24.3 Å². The topological polar surface area (TPSA) is 91.0 Å². The van der Waals surface area contributed by atoms with Crippen molar-refractivity contribution in [1.29, 1.82) is 0 Å². The standard InChI is InChI=1S/C12H12N2O5S/c1-8-13-9(7-20-8)6-18-12(15)19-11-4-2-10(3-5-11)14(16)17/h2-5,9H,6-7H2,1H3. The second kappa shape index (κ2) is 6.38. The van der Waals surface area contributed by atoms with E-state index in [2.05, 4.69) is 4.99 Å². The smallest absolute Gasteiger partial charge is 0.432 e. The van der Waals surface area contributed by atoms with Gasteiger partial charge < -0.3 is 9.47 Å². The zero-order chi connectivity index (χ0) is 14.5. The summed E-state index contributed by atoms with van der Waals surface area (Å²) in [6, 6.07) is 5.15. The van der Waals surface area contributed by atoms with Gasteiger partial charge in [-0.2, -0.15) is 0 Å². The molecule has 1 aliphatic rings. The van der Waals surface area contributed by atoms with Crippen molar-refractivity contribution in [3.05, 3.63) is 34.4 Å². The van der Waals surface area contributed by atoms with E-state index in [1.807, 2.05) is 6.92 Å². The first-order chi connectivity index (χ1) is 9.54. The number of nitro groups is 1. The van der Waals surface area contributed by atoms with Crippen LogP contribution in [-0.4, -0.2) is 34.5 Å². The number of rotatable bonds is 4. The molecule has 1 aromatic carbocycles. The highest BCUT2D eigenvalue weighted by Gasteiger charge is 2.18. The van der Waals surface area contributed by atoms with Crippen molar-refractivity contribution >= 4 is 28.6 Å². The quantitative estimate of drug-likeness (QED) is 0.367. The molecule has 1 aliphatic heterocycles. The molecule has 1 unspecified atom stereocenters. The molecule has 1 aromatic rings. The van der Waals surface area contributed by atoms with Crippen molar-refractivity contribution in [2.24, 2.45) is 4.99 Å². The van der Waals surface area contributed by atoms with Gasteiger partial charge in [0.2, 0.25) is 0 Å². The molecule has 20 heavy (non-hydrogen) atoms. The van der Waals surface area contributed by atoms with Crippen molar-refractivity contribution in [2.45, 2.75) is 13.0 Å². The van der Waals surface area contributed by atoms with E-state index in [0.717, 1.165) is 10.8 Å². The summed E-state index contributed by atoms with van der Waals surface area (Å²) in [4.78, 5) is 25.6. The van der Waals surface area contributed by atoms with E-state index in [1.54, 1.807) is 11.8 Å². The summed E-state index contributed by atoms with van der Waals surface area (Å²) in [7, 11) is 0. The fourth-order valence-electron chi connectivity index (χ4n) is 1.56. The third kappa shape index (κ3) is 3.95. The van der Waals surface area contributed by atoms with Gasteiger partial charge in [-0.05, 0) is 19.1 Å². The summed E-state index contributed by atoms with van der Waals surface area (Å²) in [6.07, 6.45) is -0.844. The number of nitro benzene ring substituents is 1. The van der Waals surface area contributed by atoms with E-state index in [9.17, 15) is 14.9 Å². The Kier molecular flexibility index (Phi) is 4.57. The average Bonchev–Trinajstić information content (AvgIpc) is 2.83. The fraction of sp³-hybridized carbons (Fsp3) is 0.333. The minimum Gasteiger partial charge on any atom is -0.432 e. The molecule has 0 amide bonds. The van der Waals surface area contributed by atoms with E-state index in [4.69, 9.17) is 9.47 Å². The Morgan fingerprint density at radius 1 is 1.50 bits per heavy atom. The Labute approximate surface area is 119 Å². The van der Waals surface area contributed by atoms with Crippen LogP contribution in [0, 0.1) is 10.1 Å². The first-order valence-corrected chi connectivity index (χ1v) is 6.79. The second-order valence-electron chi connectivity index (χ2n) is 4.03. The van der Waals surface area contributed by atoms with Crippen molar-refractivity contribution in [3.63, 3.8) is 0 Å². The number of ether oxygens (including phenoxy) is 2. The van der Waals surface area contributed by atoms with Gasteiger partial charge in [0, 0.05) is 17.9 Å². The van der Waals surface area contributed by atoms with E-state index in [0.29, 0.717) is 0 Å². The molecule has 0 aliphatic carbocycles. The molecule has 8 heteroatoms. The Balaban J connectivity index is 1.80. The molecule has 0 N–H and O–H groups in total. The third-order valence-corrected chi connectivity index (χ3v) is 3.57. The van der Waals surface area contributed by atoms with Crippen LogP contribution in [0.4, 0.5) is 10.5 Å². The number of non-ortho nitro benzene ring substituents is 1. The highest BCUT2D eigenvalue weighted by molar-refractivity contribution is 8.14. The molecule has 0 saturated heterocycles. The fourth-order valence-corrected chi connectivity index (χ4v) is 2.39. The van der Waals surface area contributed by atoms with Crippen molar-refractivity contribution in [3.8, 4) is 5.75 Å². The number of carbonyl (C=O) groups excluding carboxylic acids is 1. The van der Waals surface area contributed by atoms with E-state index in [-0.39, 0.29) is 24.1 Å². The highest BCUT2D eigenvalue weighted by atomic mass is 32.2. The second-order valence-corrected chi connectivity index (χ2v) is 5.24. The lowest BCUT2D eigenvalue weighted by molar-refractivity contribution is -0.384. The highest BCUT2D eigenvalue weighted by Crippen LogP contribution is 2.19. The van der Waals surface area contributed by atoms with E-state index < -0.39 is 11.1 Å². The lowest BCUT2D eigenvalue weighted by Gasteiger charge is -2.08. The van der Waals surface area contributed by atoms with Crippen LogP contribution in [0.2, 0.25) is 0 Å². The van der Waals surface area contributed by atoms with Crippen LogP contribution in [0.5, 0.6) is 5.75 Å². The Morgan fingerprint density at radius 3 is 2.75 bits per heavy atom. The Hall–Kier alpha value is -2.09. The molecule has 1 heterocycles.